The van der Waals surface area contributed by atoms with Crippen molar-refractivity contribution in [3.05, 3.63) is 101 Å². The lowest BCUT2D eigenvalue weighted by Crippen LogP contribution is -2.36. The number of carbonyl (C=O) groups is 4. The van der Waals surface area contributed by atoms with E-state index in [0.29, 0.717) is 28.7 Å². The van der Waals surface area contributed by atoms with Crippen LogP contribution in [0, 0.1) is 11.6 Å². The normalized spacial score (nSPS) is 14.3. The highest BCUT2D eigenvalue weighted by atomic mass is 32.2. The van der Waals surface area contributed by atoms with E-state index >= 15 is 0 Å². The first-order valence-corrected chi connectivity index (χ1v) is 12.5. The fourth-order valence-electron chi connectivity index (χ4n) is 4.06. The van der Waals surface area contributed by atoms with Crippen LogP contribution in [-0.4, -0.2) is 39.0 Å². The van der Waals surface area contributed by atoms with Gasteiger partial charge in [0.15, 0.2) is 0 Å². The maximum Gasteiger partial charge on any atom is 0.294 e. The van der Waals surface area contributed by atoms with Gasteiger partial charge in [-0.15, -0.1) is 0 Å². The number of anilines is 2. The monoisotopic (exact) mass is 546 g/mol. The van der Waals surface area contributed by atoms with Gasteiger partial charge in [-0.25, -0.2) is 8.78 Å². The van der Waals surface area contributed by atoms with Crippen LogP contribution in [0.25, 0.3) is 17.0 Å². The van der Waals surface area contributed by atoms with Gasteiger partial charge in [0.2, 0.25) is 11.8 Å². The van der Waals surface area contributed by atoms with E-state index < -0.39 is 35.2 Å². The van der Waals surface area contributed by atoms with E-state index in [1.54, 1.807) is 16.8 Å². The van der Waals surface area contributed by atoms with Gasteiger partial charge in [0, 0.05) is 34.0 Å². The molecule has 0 unspecified atom stereocenters. The first-order chi connectivity index (χ1) is 18.8. The van der Waals surface area contributed by atoms with Crippen LogP contribution >= 0.6 is 11.8 Å². The Morgan fingerprint density at radius 3 is 1.97 bits per heavy atom. The van der Waals surface area contributed by atoms with Gasteiger partial charge in [0.25, 0.3) is 11.1 Å². The molecule has 0 aliphatic carbocycles. The number of aromatic nitrogens is 1. The summed E-state index contributed by atoms with van der Waals surface area (Å²) in [6.45, 7) is -0.540. The van der Waals surface area contributed by atoms with E-state index in [0.717, 1.165) is 15.8 Å². The molecule has 5 rings (SSSR count). The Hall–Kier alpha value is -4.77. The van der Waals surface area contributed by atoms with Gasteiger partial charge in [-0.2, -0.15) is 0 Å². The van der Waals surface area contributed by atoms with Crippen molar-refractivity contribution in [2.75, 3.05) is 17.2 Å². The Morgan fingerprint density at radius 1 is 0.795 bits per heavy atom. The second kappa shape index (κ2) is 10.9. The van der Waals surface area contributed by atoms with Crippen LogP contribution in [0.15, 0.2) is 83.9 Å². The summed E-state index contributed by atoms with van der Waals surface area (Å²) in [6.07, 6.45) is 3.25. The molecular formula is C28H20F2N4O4S. The summed E-state index contributed by atoms with van der Waals surface area (Å²) in [6, 6.07) is 17.8. The number of fused-ring (bicyclic) bond motifs is 1. The highest BCUT2D eigenvalue weighted by Gasteiger charge is 2.36. The summed E-state index contributed by atoms with van der Waals surface area (Å²) in [5.41, 5.74) is 2.13. The minimum Gasteiger partial charge on any atom is -0.337 e. The quantitative estimate of drug-likeness (QED) is 0.309. The number of para-hydroxylation sites is 1. The molecule has 0 bridgehead atoms. The Bertz CT molecular complexity index is 1630. The van der Waals surface area contributed by atoms with Crippen molar-refractivity contribution in [2.45, 2.75) is 6.54 Å². The summed E-state index contributed by atoms with van der Waals surface area (Å²) in [7, 11) is 0. The van der Waals surface area contributed by atoms with E-state index in [-0.39, 0.29) is 17.4 Å². The minimum absolute atomic E-state index is 0.0449. The molecule has 1 aliphatic heterocycles. The molecule has 8 nitrogen and oxygen atoms in total. The summed E-state index contributed by atoms with van der Waals surface area (Å²) >= 11 is 0.711. The average molecular weight is 547 g/mol. The first-order valence-electron chi connectivity index (χ1n) is 11.7. The van der Waals surface area contributed by atoms with Crippen molar-refractivity contribution in [1.82, 2.24) is 9.47 Å². The molecule has 1 aliphatic rings. The Kier molecular flexibility index (Phi) is 7.24. The molecule has 196 valence electrons. The number of halogens is 2. The summed E-state index contributed by atoms with van der Waals surface area (Å²) in [5, 5.41) is 5.40. The molecule has 0 saturated carbocycles. The molecule has 11 heteroatoms. The smallest absolute Gasteiger partial charge is 0.294 e. The van der Waals surface area contributed by atoms with Gasteiger partial charge in [0.05, 0.1) is 4.91 Å². The number of benzene rings is 3. The predicted octanol–water partition coefficient (Wildman–Crippen LogP) is 5.23. The SMILES string of the molecule is O=C(CN1C(=O)S/C(=C\c2cn(CC(=O)Nc3ccc(F)cc3)c3ccccc23)C1=O)Nc1ccc(F)cc1. The van der Waals surface area contributed by atoms with Crippen molar-refractivity contribution in [3.8, 4) is 0 Å². The molecule has 1 saturated heterocycles. The van der Waals surface area contributed by atoms with Crippen LogP contribution in [0.5, 0.6) is 0 Å². The highest BCUT2D eigenvalue weighted by molar-refractivity contribution is 8.18. The largest absolute Gasteiger partial charge is 0.337 e. The molecule has 4 amide bonds. The molecule has 1 fully saturated rings. The van der Waals surface area contributed by atoms with Gasteiger partial charge < -0.3 is 15.2 Å². The summed E-state index contributed by atoms with van der Waals surface area (Å²) in [5.74, 6) is -2.42. The van der Waals surface area contributed by atoms with Crippen molar-refractivity contribution >= 4 is 63.1 Å². The molecule has 2 N–H and O–H groups in total. The van der Waals surface area contributed by atoms with Crippen LogP contribution in [0.2, 0.25) is 0 Å². The number of nitrogens with zero attached hydrogens (tertiary/aromatic N) is 2. The molecule has 0 radical (unpaired) electrons. The zero-order valence-corrected chi connectivity index (χ0v) is 21.0. The molecular weight excluding hydrogens is 526 g/mol. The zero-order chi connectivity index (χ0) is 27.5. The lowest BCUT2D eigenvalue weighted by atomic mass is 10.1. The number of thioether (sulfide) groups is 1. The van der Waals surface area contributed by atoms with Gasteiger partial charge >= 0.3 is 0 Å². The minimum atomic E-state index is -0.620. The number of amides is 4. The van der Waals surface area contributed by atoms with Crippen molar-refractivity contribution in [2.24, 2.45) is 0 Å². The Labute approximate surface area is 225 Å². The number of carbonyl (C=O) groups excluding carboxylic acids is 4. The van der Waals surface area contributed by atoms with Gasteiger partial charge in [0.1, 0.15) is 24.7 Å². The predicted molar refractivity (Wildman–Crippen MR) is 145 cm³/mol. The zero-order valence-electron chi connectivity index (χ0n) is 20.2. The van der Waals surface area contributed by atoms with Crippen LogP contribution in [0.1, 0.15) is 5.56 Å². The molecule has 2 heterocycles. The lowest BCUT2D eigenvalue weighted by Gasteiger charge is -2.12. The second-order valence-corrected chi connectivity index (χ2v) is 9.60. The number of imide groups is 1. The number of rotatable bonds is 7. The first kappa shape index (κ1) is 25.9. The molecule has 39 heavy (non-hydrogen) atoms. The maximum absolute atomic E-state index is 13.2. The van der Waals surface area contributed by atoms with E-state index in [1.165, 1.54) is 48.5 Å². The fourth-order valence-corrected chi connectivity index (χ4v) is 4.89. The third-order valence-electron chi connectivity index (χ3n) is 5.85. The Morgan fingerprint density at radius 2 is 1.36 bits per heavy atom. The number of nitrogens with one attached hydrogen (secondary N) is 2. The average Bonchev–Trinajstić information content (AvgIpc) is 3.38. The molecule has 0 spiro atoms. The summed E-state index contributed by atoms with van der Waals surface area (Å²) in [4.78, 5) is 51.5. The fraction of sp³-hybridized carbons (Fsp3) is 0.0714. The van der Waals surface area contributed by atoms with Crippen molar-refractivity contribution in [3.63, 3.8) is 0 Å². The van der Waals surface area contributed by atoms with Gasteiger partial charge in [-0.3, -0.25) is 24.1 Å². The second-order valence-electron chi connectivity index (χ2n) is 8.61. The number of hydrogen-bond acceptors (Lipinski definition) is 5. The lowest BCUT2D eigenvalue weighted by molar-refractivity contribution is -0.127. The number of hydrogen-bond donors (Lipinski definition) is 2. The molecule has 1 aromatic heterocycles. The van der Waals surface area contributed by atoms with Gasteiger partial charge in [-0.05, 0) is 72.4 Å². The molecule has 0 atom stereocenters. The van der Waals surface area contributed by atoms with Crippen molar-refractivity contribution in [1.29, 1.82) is 0 Å². The summed E-state index contributed by atoms with van der Waals surface area (Å²) < 4.78 is 27.9. The van der Waals surface area contributed by atoms with Crippen molar-refractivity contribution < 1.29 is 28.0 Å². The van der Waals surface area contributed by atoms with E-state index in [4.69, 9.17) is 0 Å². The maximum atomic E-state index is 13.2. The Balaban J connectivity index is 1.32. The topological polar surface area (TPSA) is 101 Å². The van der Waals surface area contributed by atoms with Gasteiger partial charge in [-0.1, -0.05) is 18.2 Å². The van der Waals surface area contributed by atoms with E-state index in [2.05, 4.69) is 10.6 Å². The van der Waals surface area contributed by atoms with Crippen LogP contribution in [0.3, 0.4) is 0 Å². The van der Waals surface area contributed by atoms with Crippen LogP contribution in [-0.2, 0) is 20.9 Å². The third kappa shape index (κ3) is 5.88. The van der Waals surface area contributed by atoms with E-state index in [1.807, 2.05) is 24.3 Å². The third-order valence-corrected chi connectivity index (χ3v) is 6.76. The van der Waals surface area contributed by atoms with E-state index in [9.17, 15) is 28.0 Å². The standard InChI is InChI=1S/C28H20F2N4O4S/c29-18-5-9-20(10-6-18)31-25(35)15-33-14-17(22-3-1-2-4-23(22)33)13-24-27(37)34(28(38)39-24)16-26(36)32-21-11-7-19(30)8-12-21/h1-14H,15-16H2,(H,31,35)(H,32,36)/b24-13-. The van der Waals surface area contributed by atoms with Crippen LogP contribution in [0.4, 0.5) is 25.0 Å². The molecule has 3 aromatic carbocycles. The van der Waals surface area contributed by atoms with Crippen LogP contribution < -0.4 is 10.6 Å². The molecule has 4 aromatic rings. The highest BCUT2D eigenvalue weighted by Crippen LogP contribution is 2.34.